The van der Waals surface area contributed by atoms with Crippen molar-refractivity contribution in [3.8, 4) is 11.1 Å². The van der Waals surface area contributed by atoms with E-state index >= 15 is 4.39 Å². The number of likely N-dealkylation sites (N-methyl/N-ethyl adjacent to an activating group) is 1. The molecule has 2 fully saturated rings. The number of carbonyl (C=O) groups excluding carboxylic acids is 1. The standard InChI is InChI=1S/C31H36F4N6O3/c1-17-13-40(14-18(2)39(17)5)27-10-25(32)22(21-6-7-28(36-11-21)41-15-19(3)44-20(4)16-41)8-26(27)38-30(43)23-12-37-29(42)9-24(23)31(33,34)35/h6-12,17-20H,13-16H2,1-5H3,(H,37,42)(H,38,43)/t17-,18+,19-,20+. The summed E-state index contributed by atoms with van der Waals surface area (Å²) in [5.41, 5.74) is -2.08. The average molecular weight is 617 g/mol. The molecule has 3 aromatic rings. The first-order valence-electron chi connectivity index (χ1n) is 14.5. The highest BCUT2D eigenvalue weighted by molar-refractivity contribution is 6.07. The van der Waals surface area contributed by atoms with Gasteiger partial charge in [-0.25, -0.2) is 9.37 Å². The lowest BCUT2D eigenvalue weighted by Crippen LogP contribution is -2.55. The van der Waals surface area contributed by atoms with Gasteiger partial charge in [0.1, 0.15) is 11.6 Å². The van der Waals surface area contributed by atoms with Gasteiger partial charge in [-0.3, -0.25) is 14.5 Å². The molecule has 4 atom stereocenters. The number of morpholine rings is 1. The van der Waals surface area contributed by atoms with Gasteiger partial charge in [-0.05, 0) is 59.0 Å². The molecule has 2 aromatic heterocycles. The molecule has 9 nitrogen and oxygen atoms in total. The van der Waals surface area contributed by atoms with E-state index in [1.807, 2.05) is 39.6 Å². The van der Waals surface area contributed by atoms with Crippen molar-refractivity contribution in [3.63, 3.8) is 0 Å². The second-order valence-electron chi connectivity index (χ2n) is 11.8. The third kappa shape index (κ3) is 6.58. The monoisotopic (exact) mass is 616 g/mol. The summed E-state index contributed by atoms with van der Waals surface area (Å²) in [5.74, 6) is -0.952. The van der Waals surface area contributed by atoms with E-state index < -0.39 is 34.6 Å². The summed E-state index contributed by atoms with van der Waals surface area (Å²) in [5, 5.41) is 2.58. The van der Waals surface area contributed by atoms with E-state index in [9.17, 15) is 22.8 Å². The molecule has 1 aromatic carbocycles. The number of hydrogen-bond acceptors (Lipinski definition) is 7. The molecule has 2 aliphatic heterocycles. The number of amides is 1. The predicted molar refractivity (Wildman–Crippen MR) is 161 cm³/mol. The molecule has 0 saturated carbocycles. The number of benzene rings is 1. The first-order chi connectivity index (χ1) is 20.7. The predicted octanol–water partition coefficient (Wildman–Crippen LogP) is 4.99. The van der Waals surface area contributed by atoms with Gasteiger partial charge in [0.05, 0.1) is 34.7 Å². The van der Waals surface area contributed by atoms with Crippen LogP contribution in [0.2, 0.25) is 0 Å². The quantitative estimate of drug-likeness (QED) is 0.391. The van der Waals surface area contributed by atoms with Gasteiger partial charge >= 0.3 is 6.18 Å². The van der Waals surface area contributed by atoms with Crippen LogP contribution in [0.15, 0.2) is 47.5 Å². The Morgan fingerprint density at radius 1 is 1.00 bits per heavy atom. The molecule has 0 spiro atoms. The summed E-state index contributed by atoms with van der Waals surface area (Å²) >= 11 is 0. The molecule has 0 unspecified atom stereocenters. The van der Waals surface area contributed by atoms with Gasteiger partial charge in [-0.2, -0.15) is 13.2 Å². The third-order valence-corrected chi connectivity index (χ3v) is 8.31. The molecule has 4 heterocycles. The highest BCUT2D eigenvalue weighted by atomic mass is 19.4. The number of pyridine rings is 2. The highest BCUT2D eigenvalue weighted by Gasteiger charge is 2.36. The van der Waals surface area contributed by atoms with E-state index in [2.05, 4.69) is 25.1 Å². The minimum atomic E-state index is -4.94. The molecular weight excluding hydrogens is 580 g/mol. The molecule has 1 amide bonds. The lowest BCUT2D eigenvalue weighted by atomic mass is 10.0. The van der Waals surface area contributed by atoms with Crippen molar-refractivity contribution >= 4 is 23.1 Å². The van der Waals surface area contributed by atoms with Gasteiger partial charge in [0.25, 0.3) is 5.91 Å². The van der Waals surface area contributed by atoms with Gasteiger partial charge < -0.3 is 24.8 Å². The van der Waals surface area contributed by atoms with E-state index in [1.165, 1.54) is 18.3 Å². The first kappa shape index (κ1) is 31.5. The number of H-pyrrole nitrogens is 1. The Kier molecular flexibility index (Phi) is 8.72. The highest BCUT2D eigenvalue weighted by Crippen LogP contribution is 2.37. The van der Waals surface area contributed by atoms with Crippen LogP contribution in [0.1, 0.15) is 43.6 Å². The Balaban J connectivity index is 1.54. The number of anilines is 3. The third-order valence-electron chi connectivity index (χ3n) is 8.31. The summed E-state index contributed by atoms with van der Waals surface area (Å²) < 4.78 is 62.9. The fourth-order valence-electron chi connectivity index (χ4n) is 5.93. The lowest BCUT2D eigenvalue weighted by molar-refractivity contribution is -0.138. The maximum atomic E-state index is 15.8. The number of aromatic amines is 1. The zero-order valence-electron chi connectivity index (χ0n) is 25.2. The molecule has 2 saturated heterocycles. The SMILES string of the molecule is C[C@@H]1CN(c2ccc(-c3cc(NC(=O)c4c[nH]c(=O)cc4C(F)(F)F)c(N4C[C@@H](C)N(C)[C@@H](C)C4)cc3F)cn2)C[C@H](C)O1. The van der Waals surface area contributed by atoms with Crippen LogP contribution in [0.3, 0.4) is 0 Å². The Morgan fingerprint density at radius 3 is 2.25 bits per heavy atom. The molecule has 2 N–H and O–H groups in total. The summed E-state index contributed by atoms with van der Waals surface area (Å²) in [6.45, 7) is 10.3. The van der Waals surface area contributed by atoms with Crippen molar-refractivity contribution in [1.29, 1.82) is 0 Å². The Hall–Kier alpha value is -3.97. The van der Waals surface area contributed by atoms with E-state index in [0.29, 0.717) is 49.3 Å². The maximum Gasteiger partial charge on any atom is 0.417 e. The second-order valence-corrected chi connectivity index (χ2v) is 11.8. The number of nitrogens with zero attached hydrogens (tertiary/aromatic N) is 4. The fraction of sp³-hybridized carbons (Fsp3) is 0.452. The number of nitrogens with one attached hydrogen (secondary N) is 2. The number of piperazine rings is 1. The summed E-state index contributed by atoms with van der Waals surface area (Å²) in [4.78, 5) is 37.9. The fourth-order valence-corrected chi connectivity index (χ4v) is 5.93. The van der Waals surface area contributed by atoms with Crippen molar-refractivity contribution in [3.05, 3.63) is 70.0 Å². The normalized spacial score (nSPS) is 23.1. The van der Waals surface area contributed by atoms with E-state index in [1.54, 1.807) is 12.1 Å². The molecule has 0 bridgehead atoms. The van der Waals surface area contributed by atoms with Crippen LogP contribution in [-0.2, 0) is 10.9 Å². The summed E-state index contributed by atoms with van der Waals surface area (Å²) in [7, 11) is 1.99. The minimum Gasteiger partial charge on any atom is -0.372 e. The van der Waals surface area contributed by atoms with Crippen LogP contribution in [0, 0.1) is 5.82 Å². The second kappa shape index (κ2) is 12.2. The number of aromatic nitrogens is 2. The number of carbonyl (C=O) groups is 1. The summed E-state index contributed by atoms with van der Waals surface area (Å²) in [6.07, 6.45) is -2.62. The molecule has 0 radical (unpaired) electrons. The van der Waals surface area contributed by atoms with Gasteiger partial charge in [-0.15, -0.1) is 0 Å². The van der Waals surface area contributed by atoms with Crippen LogP contribution >= 0.6 is 0 Å². The van der Waals surface area contributed by atoms with Crippen molar-refractivity contribution in [1.82, 2.24) is 14.9 Å². The number of ether oxygens (including phenoxy) is 1. The van der Waals surface area contributed by atoms with Gasteiger partial charge in [0.15, 0.2) is 0 Å². The van der Waals surface area contributed by atoms with E-state index in [-0.39, 0.29) is 35.5 Å². The van der Waals surface area contributed by atoms with Gasteiger partial charge in [0, 0.05) is 67.8 Å². The van der Waals surface area contributed by atoms with Crippen molar-refractivity contribution in [2.75, 3.05) is 48.3 Å². The number of alkyl halides is 3. The Morgan fingerprint density at radius 2 is 1.66 bits per heavy atom. The number of rotatable bonds is 5. The minimum absolute atomic E-state index is 0.0247. The van der Waals surface area contributed by atoms with Crippen molar-refractivity contribution in [2.24, 2.45) is 0 Å². The molecule has 236 valence electrons. The van der Waals surface area contributed by atoms with E-state index in [4.69, 9.17) is 4.74 Å². The summed E-state index contributed by atoms with van der Waals surface area (Å²) in [6, 6.07) is 6.74. The number of hydrogen-bond donors (Lipinski definition) is 2. The van der Waals surface area contributed by atoms with Crippen molar-refractivity contribution < 1.29 is 27.1 Å². The maximum absolute atomic E-state index is 15.8. The lowest BCUT2D eigenvalue weighted by Gasteiger charge is -2.44. The number of halogens is 4. The Bertz CT molecular complexity index is 1560. The zero-order valence-corrected chi connectivity index (χ0v) is 25.2. The molecule has 5 rings (SSSR count). The average Bonchev–Trinajstić information content (AvgIpc) is 2.95. The van der Waals surface area contributed by atoms with Crippen LogP contribution in [0.4, 0.5) is 34.8 Å². The van der Waals surface area contributed by atoms with Crippen LogP contribution in [0.5, 0.6) is 0 Å². The first-order valence-corrected chi connectivity index (χ1v) is 14.5. The van der Waals surface area contributed by atoms with Crippen LogP contribution in [0.25, 0.3) is 11.1 Å². The van der Waals surface area contributed by atoms with Crippen LogP contribution in [-0.4, -0.2) is 78.3 Å². The van der Waals surface area contributed by atoms with Gasteiger partial charge in [0.2, 0.25) is 5.56 Å². The zero-order chi connectivity index (χ0) is 31.9. The van der Waals surface area contributed by atoms with E-state index in [0.717, 1.165) is 6.20 Å². The van der Waals surface area contributed by atoms with Gasteiger partial charge in [-0.1, -0.05) is 0 Å². The smallest absolute Gasteiger partial charge is 0.372 e. The van der Waals surface area contributed by atoms with Crippen LogP contribution < -0.4 is 20.7 Å². The topological polar surface area (TPSA) is 93.8 Å². The molecule has 13 heteroatoms. The largest absolute Gasteiger partial charge is 0.417 e. The molecular formula is C31H36F4N6O3. The molecule has 2 aliphatic rings. The molecule has 0 aliphatic carbocycles. The Labute approximate surface area is 252 Å². The van der Waals surface area contributed by atoms with Crippen molar-refractivity contribution in [2.45, 2.75) is 58.2 Å². The molecule has 44 heavy (non-hydrogen) atoms.